The molecule has 0 N–H and O–H groups in total. The molecule has 1 aliphatic carbocycles. The standard InChI is InChI=1S/C9H17NOSi/c1-11-12-8-7-10-9-5-3-2-4-6-9/h2-8H2,1H3. The largest absolute Gasteiger partial charge is 0.421 e. The Hall–Kier alpha value is -0.153. The van der Waals surface area contributed by atoms with Crippen molar-refractivity contribution in [2.45, 2.75) is 38.1 Å². The highest BCUT2D eigenvalue weighted by Gasteiger charge is 2.05. The number of nitrogens with zero attached hydrogens (tertiary/aromatic N) is 1. The lowest BCUT2D eigenvalue weighted by Crippen LogP contribution is -2.06. The smallest absolute Gasteiger partial charge is 0.230 e. The van der Waals surface area contributed by atoms with Gasteiger partial charge in [-0.1, -0.05) is 6.42 Å². The number of hydrogen-bond donors (Lipinski definition) is 0. The predicted molar refractivity (Wildman–Crippen MR) is 53.0 cm³/mol. The van der Waals surface area contributed by atoms with Crippen molar-refractivity contribution in [1.29, 1.82) is 0 Å². The summed E-state index contributed by atoms with van der Waals surface area (Å²) in [6, 6.07) is 1.10. The number of hydrogen-bond acceptors (Lipinski definition) is 2. The first-order valence-electron chi connectivity index (χ1n) is 4.71. The van der Waals surface area contributed by atoms with Gasteiger partial charge in [-0.3, -0.25) is 4.99 Å². The molecule has 0 aromatic carbocycles. The van der Waals surface area contributed by atoms with E-state index < -0.39 is 0 Å². The van der Waals surface area contributed by atoms with Crippen molar-refractivity contribution in [2.24, 2.45) is 4.99 Å². The summed E-state index contributed by atoms with van der Waals surface area (Å²) >= 11 is 0. The van der Waals surface area contributed by atoms with Crippen molar-refractivity contribution in [2.75, 3.05) is 13.7 Å². The van der Waals surface area contributed by atoms with Gasteiger partial charge in [-0.15, -0.1) is 0 Å². The van der Waals surface area contributed by atoms with Crippen molar-refractivity contribution in [1.82, 2.24) is 0 Å². The Labute approximate surface area is 77.4 Å². The highest BCUT2D eigenvalue weighted by Crippen LogP contribution is 2.14. The van der Waals surface area contributed by atoms with E-state index in [1.54, 1.807) is 7.11 Å². The molecule has 0 atom stereocenters. The summed E-state index contributed by atoms with van der Waals surface area (Å²) in [7, 11) is 2.38. The lowest BCUT2D eigenvalue weighted by atomic mass is 9.99. The lowest BCUT2D eigenvalue weighted by Gasteiger charge is -2.11. The third kappa shape index (κ3) is 4.02. The van der Waals surface area contributed by atoms with E-state index in [9.17, 15) is 0 Å². The van der Waals surface area contributed by atoms with Crippen LogP contribution in [0.25, 0.3) is 0 Å². The van der Waals surface area contributed by atoms with Crippen molar-refractivity contribution in [3.63, 3.8) is 0 Å². The number of aliphatic imine (C=N–C) groups is 1. The molecular weight excluding hydrogens is 166 g/mol. The molecule has 0 aromatic rings. The second-order valence-electron chi connectivity index (χ2n) is 3.11. The van der Waals surface area contributed by atoms with Gasteiger partial charge in [0.25, 0.3) is 0 Å². The topological polar surface area (TPSA) is 21.6 Å². The maximum atomic E-state index is 4.99. The summed E-state index contributed by atoms with van der Waals surface area (Å²) in [5, 5.41) is 0. The highest BCUT2D eigenvalue weighted by molar-refractivity contribution is 6.27. The van der Waals surface area contributed by atoms with Crippen LogP contribution in [0.5, 0.6) is 0 Å². The van der Waals surface area contributed by atoms with Crippen molar-refractivity contribution in [3.8, 4) is 0 Å². The third-order valence-electron chi connectivity index (χ3n) is 2.12. The first-order chi connectivity index (χ1) is 5.93. The molecule has 0 saturated heterocycles. The zero-order valence-corrected chi connectivity index (χ0v) is 8.81. The van der Waals surface area contributed by atoms with Gasteiger partial charge < -0.3 is 4.43 Å². The van der Waals surface area contributed by atoms with E-state index in [4.69, 9.17) is 4.43 Å². The van der Waals surface area contributed by atoms with Gasteiger partial charge in [0, 0.05) is 19.4 Å². The predicted octanol–water partition coefficient (Wildman–Crippen LogP) is 2.08. The van der Waals surface area contributed by atoms with E-state index in [0.29, 0.717) is 9.76 Å². The molecule has 2 nitrogen and oxygen atoms in total. The van der Waals surface area contributed by atoms with Crippen LogP contribution in [0, 0.1) is 0 Å². The maximum Gasteiger partial charge on any atom is 0.230 e. The van der Waals surface area contributed by atoms with Crippen LogP contribution in [-0.4, -0.2) is 29.1 Å². The van der Waals surface area contributed by atoms with E-state index in [2.05, 4.69) is 4.99 Å². The van der Waals surface area contributed by atoms with E-state index in [-0.39, 0.29) is 0 Å². The molecule has 0 spiro atoms. The molecule has 0 unspecified atom stereocenters. The van der Waals surface area contributed by atoms with Gasteiger partial charge in [-0.25, -0.2) is 0 Å². The van der Waals surface area contributed by atoms with Crippen LogP contribution < -0.4 is 0 Å². The fourth-order valence-electron chi connectivity index (χ4n) is 1.48. The monoisotopic (exact) mass is 183 g/mol. The SMILES string of the molecule is CO[Si]CCN=C1CCCCC1. The highest BCUT2D eigenvalue weighted by atomic mass is 28.2. The Kier molecular flexibility index (Phi) is 5.27. The zero-order valence-electron chi connectivity index (χ0n) is 7.81. The Bertz CT molecular complexity index is 139. The minimum atomic E-state index is 0.629. The second-order valence-corrected chi connectivity index (χ2v) is 4.30. The zero-order chi connectivity index (χ0) is 8.65. The summed E-state index contributed by atoms with van der Waals surface area (Å²) in [6.45, 7) is 0.974. The average Bonchev–Trinajstić information content (AvgIpc) is 2.14. The number of rotatable bonds is 4. The molecule has 1 saturated carbocycles. The van der Waals surface area contributed by atoms with Crippen LogP contribution >= 0.6 is 0 Å². The molecule has 3 heteroatoms. The molecule has 0 bridgehead atoms. The van der Waals surface area contributed by atoms with Crippen molar-refractivity contribution in [3.05, 3.63) is 0 Å². The summed E-state index contributed by atoms with van der Waals surface area (Å²) in [4.78, 5) is 4.56. The Morgan fingerprint density at radius 1 is 1.33 bits per heavy atom. The average molecular weight is 183 g/mol. The first kappa shape index (κ1) is 9.93. The van der Waals surface area contributed by atoms with E-state index in [0.717, 1.165) is 12.6 Å². The summed E-state index contributed by atoms with van der Waals surface area (Å²) in [6.07, 6.45) is 6.60. The van der Waals surface area contributed by atoms with Gasteiger partial charge in [-0.2, -0.15) is 0 Å². The van der Waals surface area contributed by atoms with Crippen molar-refractivity contribution >= 4 is 15.5 Å². The lowest BCUT2D eigenvalue weighted by molar-refractivity contribution is 0.441. The van der Waals surface area contributed by atoms with Gasteiger partial charge in [0.15, 0.2) is 0 Å². The quantitative estimate of drug-likeness (QED) is 0.483. The maximum absolute atomic E-state index is 4.99. The van der Waals surface area contributed by atoms with Gasteiger partial charge in [0.1, 0.15) is 0 Å². The molecule has 0 aromatic heterocycles. The fourth-order valence-corrected chi connectivity index (χ4v) is 1.89. The molecule has 0 heterocycles. The van der Waals surface area contributed by atoms with Crippen LogP contribution in [0.4, 0.5) is 0 Å². The van der Waals surface area contributed by atoms with Gasteiger partial charge >= 0.3 is 0 Å². The van der Waals surface area contributed by atoms with E-state index in [1.807, 2.05) is 0 Å². The Balaban J connectivity index is 2.08. The molecule has 12 heavy (non-hydrogen) atoms. The minimum Gasteiger partial charge on any atom is -0.421 e. The van der Waals surface area contributed by atoms with Gasteiger partial charge in [0.2, 0.25) is 9.76 Å². The van der Waals surface area contributed by atoms with E-state index in [1.165, 1.54) is 37.8 Å². The van der Waals surface area contributed by atoms with Crippen LogP contribution in [-0.2, 0) is 4.43 Å². The molecule has 1 aliphatic rings. The molecule has 68 valence electrons. The Morgan fingerprint density at radius 3 is 2.75 bits per heavy atom. The second kappa shape index (κ2) is 6.37. The Morgan fingerprint density at radius 2 is 2.08 bits per heavy atom. The molecule has 0 amide bonds. The fraction of sp³-hybridized carbons (Fsp3) is 0.889. The van der Waals surface area contributed by atoms with Gasteiger partial charge in [0.05, 0.1) is 0 Å². The summed E-state index contributed by atoms with van der Waals surface area (Å²) < 4.78 is 4.99. The van der Waals surface area contributed by atoms with Gasteiger partial charge in [-0.05, 0) is 31.7 Å². The molecule has 2 radical (unpaired) electrons. The van der Waals surface area contributed by atoms with Crippen LogP contribution in [0.1, 0.15) is 32.1 Å². The van der Waals surface area contributed by atoms with E-state index >= 15 is 0 Å². The van der Waals surface area contributed by atoms with Crippen LogP contribution in [0.2, 0.25) is 6.04 Å². The van der Waals surface area contributed by atoms with Crippen LogP contribution in [0.3, 0.4) is 0 Å². The van der Waals surface area contributed by atoms with Crippen molar-refractivity contribution < 1.29 is 4.43 Å². The van der Waals surface area contributed by atoms with Crippen LogP contribution in [0.15, 0.2) is 4.99 Å². The summed E-state index contributed by atoms with van der Waals surface area (Å²) in [5.41, 5.74) is 1.45. The molecule has 0 aliphatic heterocycles. The first-order valence-corrected chi connectivity index (χ1v) is 5.83. The normalized spacial score (nSPS) is 17.9. The molecule has 1 rings (SSSR count). The molecule has 1 fully saturated rings. The third-order valence-corrected chi connectivity index (χ3v) is 2.84. The summed E-state index contributed by atoms with van der Waals surface area (Å²) in [5.74, 6) is 0. The minimum absolute atomic E-state index is 0.629. The molecular formula is C9H17NOSi.